The van der Waals surface area contributed by atoms with Gasteiger partial charge in [-0.1, -0.05) is 54.6 Å². The summed E-state index contributed by atoms with van der Waals surface area (Å²) in [5.74, 6) is -1.33. The van der Waals surface area contributed by atoms with Gasteiger partial charge in [-0.3, -0.25) is 9.59 Å². The molecule has 2 aromatic rings. The number of carbonyl (C=O) groups is 2. The minimum absolute atomic E-state index is 0.130. The summed E-state index contributed by atoms with van der Waals surface area (Å²) in [6.07, 6.45) is 0. The fraction of sp³-hybridized carbons (Fsp3) is 0.273. The summed E-state index contributed by atoms with van der Waals surface area (Å²) in [5.41, 5.74) is 2.51. The average molecular weight is 364 g/mol. The first-order chi connectivity index (χ1) is 12.9. The van der Waals surface area contributed by atoms with Crippen LogP contribution < -0.4 is 0 Å². The van der Waals surface area contributed by atoms with Crippen LogP contribution in [0.5, 0.6) is 0 Å². The van der Waals surface area contributed by atoms with Gasteiger partial charge in [0.2, 0.25) is 0 Å². The zero-order valence-corrected chi connectivity index (χ0v) is 15.8. The van der Waals surface area contributed by atoms with Crippen molar-refractivity contribution in [1.29, 1.82) is 0 Å². The fourth-order valence-corrected chi connectivity index (χ4v) is 3.39. The summed E-state index contributed by atoms with van der Waals surface area (Å²) in [4.78, 5) is 29.2. The second-order valence-electron chi connectivity index (χ2n) is 7.02. The van der Waals surface area contributed by atoms with E-state index in [0.29, 0.717) is 18.7 Å². The van der Waals surface area contributed by atoms with Gasteiger partial charge in [0.1, 0.15) is 5.76 Å². The van der Waals surface area contributed by atoms with Crippen molar-refractivity contribution in [3.8, 4) is 0 Å². The van der Waals surface area contributed by atoms with Crippen molar-refractivity contribution in [2.75, 3.05) is 27.2 Å². The van der Waals surface area contributed by atoms with Gasteiger partial charge in [0.05, 0.1) is 11.6 Å². The van der Waals surface area contributed by atoms with Crippen LogP contribution in [0.1, 0.15) is 22.7 Å². The van der Waals surface area contributed by atoms with Gasteiger partial charge in [-0.2, -0.15) is 0 Å². The quantitative estimate of drug-likeness (QED) is 0.503. The Morgan fingerprint density at radius 2 is 1.67 bits per heavy atom. The third kappa shape index (κ3) is 3.64. The number of hydrogen-bond donors (Lipinski definition) is 1. The van der Waals surface area contributed by atoms with Crippen LogP contribution in [-0.4, -0.2) is 53.8 Å². The van der Waals surface area contributed by atoms with Crippen molar-refractivity contribution in [3.63, 3.8) is 0 Å². The number of ketones is 1. The normalized spacial score (nSPS) is 19.1. The van der Waals surface area contributed by atoms with Gasteiger partial charge in [-0.15, -0.1) is 0 Å². The number of benzene rings is 2. The van der Waals surface area contributed by atoms with Crippen LogP contribution in [-0.2, 0) is 9.59 Å². The van der Waals surface area contributed by atoms with Gasteiger partial charge >= 0.3 is 0 Å². The van der Waals surface area contributed by atoms with E-state index in [-0.39, 0.29) is 11.3 Å². The van der Waals surface area contributed by atoms with E-state index in [1.807, 2.05) is 56.3 Å². The van der Waals surface area contributed by atoms with E-state index in [0.717, 1.165) is 11.1 Å². The molecule has 0 radical (unpaired) electrons. The zero-order valence-electron chi connectivity index (χ0n) is 15.8. The maximum Gasteiger partial charge on any atom is 0.295 e. The molecule has 5 heteroatoms. The summed E-state index contributed by atoms with van der Waals surface area (Å²) < 4.78 is 0. The number of aliphatic hydroxyl groups excluding tert-OH is 1. The highest BCUT2D eigenvalue weighted by Gasteiger charge is 2.46. The standard InChI is InChI=1S/C22H24N2O3/c1-15-9-7-8-12-17(15)19-18(20(25)16-10-5-4-6-11-16)21(26)22(27)24(19)14-13-23(2)3/h4-12,19,25H,13-14H2,1-3H3/b20-18-. The summed E-state index contributed by atoms with van der Waals surface area (Å²) in [7, 11) is 3.84. The van der Waals surface area contributed by atoms with Crippen molar-refractivity contribution in [2.45, 2.75) is 13.0 Å². The van der Waals surface area contributed by atoms with Crippen LogP contribution >= 0.6 is 0 Å². The lowest BCUT2D eigenvalue weighted by Gasteiger charge is -2.27. The minimum Gasteiger partial charge on any atom is -0.507 e. The van der Waals surface area contributed by atoms with Crippen LogP contribution in [0.25, 0.3) is 5.76 Å². The first kappa shape index (κ1) is 18.9. The van der Waals surface area contributed by atoms with E-state index in [4.69, 9.17) is 0 Å². The topological polar surface area (TPSA) is 60.9 Å². The molecule has 0 aromatic heterocycles. The number of aliphatic hydroxyl groups is 1. The number of amides is 1. The lowest BCUT2D eigenvalue weighted by Crippen LogP contribution is -2.35. The van der Waals surface area contributed by atoms with E-state index in [2.05, 4.69) is 0 Å². The van der Waals surface area contributed by atoms with E-state index in [9.17, 15) is 14.7 Å². The molecular formula is C22H24N2O3. The zero-order chi connectivity index (χ0) is 19.6. The molecule has 140 valence electrons. The number of nitrogens with zero attached hydrogens (tertiary/aromatic N) is 2. The maximum atomic E-state index is 12.8. The number of Topliss-reactive ketones (excluding diaryl/α,β-unsaturated/α-hetero) is 1. The molecule has 1 atom stereocenters. The molecule has 2 aromatic carbocycles. The molecule has 1 aliphatic heterocycles. The molecule has 0 bridgehead atoms. The second-order valence-corrected chi connectivity index (χ2v) is 7.02. The van der Waals surface area contributed by atoms with Crippen molar-refractivity contribution in [2.24, 2.45) is 0 Å². The second kappa shape index (κ2) is 7.76. The van der Waals surface area contributed by atoms with Crippen molar-refractivity contribution < 1.29 is 14.7 Å². The molecule has 0 spiro atoms. The smallest absolute Gasteiger partial charge is 0.295 e. The molecule has 0 saturated carbocycles. The fourth-order valence-electron chi connectivity index (χ4n) is 3.39. The predicted molar refractivity (Wildman–Crippen MR) is 105 cm³/mol. The molecule has 1 fully saturated rings. The molecule has 27 heavy (non-hydrogen) atoms. The van der Waals surface area contributed by atoms with Crippen LogP contribution in [0.15, 0.2) is 60.2 Å². The van der Waals surface area contributed by atoms with Gasteiger partial charge in [-0.25, -0.2) is 0 Å². The van der Waals surface area contributed by atoms with Gasteiger partial charge in [0, 0.05) is 18.7 Å². The molecule has 1 heterocycles. The van der Waals surface area contributed by atoms with Crippen LogP contribution in [0.3, 0.4) is 0 Å². The van der Waals surface area contributed by atoms with Crippen molar-refractivity contribution in [1.82, 2.24) is 9.80 Å². The molecule has 1 saturated heterocycles. The van der Waals surface area contributed by atoms with Gasteiger partial charge < -0.3 is 14.9 Å². The van der Waals surface area contributed by atoms with Crippen molar-refractivity contribution >= 4 is 17.4 Å². The molecule has 0 aliphatic carbocycles. The molecular weight excluding hydrogens is 340 g/mol. The lowest BCUT2D eigenvalue weighted by atomic mass is 9.92. The summed E-state index contributed by atoms with van der Waals surface area (Å²) >= 11 is 0. The van der Waals surface area contributed by atoms with Gasteiger partial charge in [-0.05, 0) is 32.1 Å². The van der Waals surface area contributed by atoms with Crippen LogP contribution in [0, 0.1) is 6.92 Å². The Bertz CT molecular complexity index is 887. The monoisotopic (exact) mass is 364 g/mol. The largest absolute Gasteiger partial charge is 0.507 e. The third-order valence-electron chi connectivity index (χ3n) is 4.86. The van der Waals surface area contributed by atoms with E-state index in [1.165, 1.54) is 0 Å². The Morgan fingerprint density at radius 3 is 2.30 bits per heavy atom. The Morgan fingerprint density at radius 1 is 1.04 bits per heavy atom. The van der Waals surface area contributed by atoms with Crippen LogP contribution in [0.4, 0.5) is 0 Å². The number of carbonyl (C=O) groups excluding carboxylic acids is 2. The Kier molecular flexibility index (Phi) is 5.42. The molecule has 1 N–H and O–H groups in total. The highest BCUT2D eigenvalue weighted by Crippen LogP contribution is 2.40. The number of aryl methyl sites for hydroxylation is 1. The van der Waals surface area contributed by atoms with Gasteiger partial charge in [0.15, 0.2) is 0 Å². The predicted octanol–water partition coefficient (Wildman–Crippen LogP) is 2.98. The molecule has 5 nitrogen and oxygen atoms in total. The number of likely N-dealkylation sites (N-methyl/N-ethyl adjacent to an activating group) is 1. The molecule has 3 rings (SSSR count). The number of likely N-dealkylation sites (tertiary alicyclic amines) is 1. The highest BCUT2D eigenvalue weighted by molar-refractivity contribution is 6.46. The lowest BCUT2D eigenvalue weighted by molar-refractivity contribution is -0.140. The maximum absolute atomic E-state index is 12.8. The van der Waals surface area contributed by atoms with E-state index >= 15 is 0 Å². The molecule has 1 aliphatic rings. The Hall–Kier alpha value is -2.92. The summed E-state index contributed by atoms with van der Waals surface area (Å²) in [6, 6.07) is 16.0. The van der Waals surface area contributed by atoms with E-state index in [1.54, 1.807) is 29.2 Å². The third-order valence-corrected chi connectivity index (χ3v) is 4.86. The van der Waals surface area contributed by atoms with Crippen LogP contribution in [0.2, 0.25) is 0 Å². The summed E-state index contributed by atoms with van der Waals surface area (Å²) in [6.45, 7) is 2.98. The molecule has 1 unspecified atom stereocenters. The van der Waals surface area contributed by atoms with Crippen molar-refractivity contribution in [3.05, 3.63) is 76.9 Å². The SMILES string of the molecule is Cc1ccccc1C1/C(=C(/O)c2ccccc2)C(=O)C(=O)N1CCN(C)C. The Balaban J connectivity index is 2.17. The molecule has 1 amide bonds. The van der Waals surface area contributed by atoms with Gasteiger partial charge in [0.25, 0.3) is 11.7 Å². The first-order valence-corrected chi connectivity index (χ1v) is 8.96. The summed E-state index contributed by atoms with van der Waals surface area (Å²) in [5, 5.41) is 10.9. The first-order valence-electron chi connectivity index (χ1n) is 8.96. The minimum atomic E-state index is -0.636. The highest BCUT2D eigenvalue weighted by atomic mass is 16.3. The van der Waals surface area contributed by atoms with E-state index < -0.39 is 17.7 Å². The average Bonchev–Trinajstić information content (AvgIpc) is 2.91. The number of rotatable bonds is 5. The number of hydrogen-bond acceptors (Lipinski definition) is 4. The Labute approximate surface area is 159 Å².